The van der Waals surface area contributed by atoms with Crippen molar-refractivity contribution in [2.24, 2.45) is 0 Å². The molecule has 0 saturated carbocycles. The molecule has 0 amide bonds. The number of ether oxygens (including phenoxy) is 1. The van der Waals surface area contributed by atoms with Crippen molar-refractivity contribution in [3.8, 4) is 17.2 Å². The monoisotopic (exact) mass is 316 g/mol. The Balaban J connectivity index is 2.17. The number of carbonyl (C=O) groups is 1. The number of halogens is 1. The van der Waals surface area contributed by atoms with E-state index in [4.69, 9.17) is 4.74 Å². The highest BCUT2D eigenvalue weighted by molar-refractivity contribution is 7.18. The van der Waals surface area contributed by atoms with Crippen LogP contribution in [0.4, 0.5) is 9.39 Å². The van der Waals surface area contributed by atoms with Gasteiger partial charge in [-0.05, 0) is 6.07 Å². The average molecular weight is 316 g/mol. The fraction of sp³-hybridized carbons (Fsp3) is 0.250. The van der Waals surface area contributed by atoms with E-state index in [0.29, 0.717) is 53.6 Å². The number of nitrogens with zero attached hydrogens (tertiary/aromatic N) is 2. The summed E-state index contributed by atoms with van der Waals surface area (Å²) in [7, 11) is 0. The van der Waals surface area contributed by atoms with E-state index in [2.05, 4.69) is 6.07 Å². The van der Waals surface area contributed by atoms with Gasteiger partial charge in [0.1, 0.15) is 16.9 Å². The number of nitriles is 1. The van der Waals surface area contributed by atoms with Crippen molar-refractivity contribution in [1.29, 1.82) is 5.26 Å². The topological polar surface area (TPSA) is 53.3 Å². The van der Waals surface area contributed by atoms with Crippen molar-refractivity contribution in [2.45, 2.75) is 0 Å². The molecule has 0 N–H and O–H groups in total. The van der Waals surface area contributed by atoms with Crippen molar-refractivity contribution < 1.29 is 13.9 Å². The minimum Gasteiger partial charge on any atom is -0.378 e. The molecule has 1 aliphatic heterocycles. The molecule has 1 aliphatic rings. The third-order valence-corrected chi connectivity index (χ3v) is 4.75. The molecule has 0 unspecified atom stereocenters. The van der Waals surface area contributed by atoms with Crippen LogP contribution >= 0.6 is 11.3 Å². The van der Waals surface area contributed by atoms with Crippen LogP contribution in [0.5, 0.6) is 0 Å². The van der Waals surface area contributed by atoms with Gasteiger partial charge in [-0.1, -0.05) is 18.2 Å². The van der Waals surface area contributed by atoms with Crippen LogP contribution in [0, 0.1) is 17.1 Å². The first-order valence-corrected chi connectivity index (χ1v) is 7.67. The number of hydrogen-bond acceptors (Lipinski definition) is 5. The summed E-state index contributed by atoms with van der Waals surface area (Å²) in [6.45, 7) is 2.47. The second kappa shape index (κ2) is 6.26. The van der Waals surface area contributed by atoms with E-state index in [-0.39, 0.29) is 5.56 Å². The van der Waals surface area contributed by atoms with Crippen LogP contribution in [-0.2, 0) is 4.74 Å². The Kier molecular flexibility index (Phi) is 4.18. The zero-order valence-corrected chi connectivity index (χ0v) is 12.5. The van der Waals surface area contributed by atoms with Gasteiger partial charge in [0.25, 0.3) is 0 Å². The summed E-state index contributed by atoms with van der Waals surface area (Å²) in [5.74, 6) is -0.437. The number of rotatable bonds is 3. The predicted octanol–water partition coefficient (Wildman–Crippen LogP) is 3.07. The van der Waals surface area contributed by atoms with E-state index in [0.717, 1.165) is 0 Å². The molecule has 4 nitrogen and oxygen atoms in total. The Morgan fingerprint density at radius 2 is 2.05 bits per heavy atom. The highest BCUT2D eigenvalue weighted by atomic mass is 32.1. The van der Waals surface area contributed by atoms with Crippen LogP contribution in [-0.4, -0.2) is 32.6 Å². The molecule has 112 valence electrons. The molecule has 1 saturated heterocycles. The molecule has 2 heterocycles. The molecule has 1 fully saturated rings. The van der Waals surface area contributed by atoms with Gasteiger partial charge in [-0.3, -0.25) is 4.79 Å². The Morgan fingerprint density at radius 3 is 2.68 bits per heavy atom. The first-order valence-electron chi connectivity index (χ1n) is 6.86. The number of thiophene rings is 1. The molecule has 0 atom stereocenters. The fourth-order valence-corrected chi connectivity index (χ4v) is 3.68. The van der Waals surface area contributed by atoms with Crippen molar-refractivity contribution in [2.75, 3.05) is 31.2 Å². The van der Waals surface area contributed by atoms with Gasteiger partial charge in [0.05, 0.1) is 23.7 Å². The van der Waals surface area contributed by atoms with Gasteiger partial charge in [0.2, 0.25) is 0 Å². The molecule has 0 spiro atoms. The van der Waals surface area contributed by atoms with E-state index in [9.17, 15) is 14.4 Å². The Labute approximate surface area is 131 Å². The third kappa shape index (κ3) is 2.49. The van der Waals surface area contributed by atoms with Gasteiger partial charge in [-0.15, -0.1) is 11.3 Å². The first kappa shape index (κ1) is 14.7. The highest BCUT2D eigenvalue weighted by Crippen LogP contribution is 2.41. The summed E-state index contributed by atoms with van der Waals surface area (Å²) >= 11 is 1.23. The number of carbonyl (C=O) groups excluding carboxylic acids is 1. The molecule has 2 aromatic rings. The third-order valence-electron chi connectivity index (χ3n) is 3.58. The molecule has 1 aromatic carbocycles. The number of benzene rings is 1. The maximum atomic E-state index is 14.1. The van der Waals surface area contributed by atoms with Gasteiger partial charge in [0, 0.05) is 24.2 Å². The summed E-state index contributed by atoms with van der Waals surface area (Å²) in [5.41, 5.74) is 1.04. The van der Waals surface area contributed by atoms with Gasteiger partial charge < -0.3 is 9.64 Å². The predicted molar refractivity (Wildman–Crippen MR) is 82.8 cm³/mol. The van der Waals surface area contributed by atoms with E-state index in [1.54, 1.807) is 18.2 Å². The van der Waals surface area contributed by atoms with Crippen LogP contribution in [0.3, 0.4) is 0 Å². The number of hydrogen-bond donors (Lipinski definition) is 0. The zero-order chi connectivity index (χ0) is 15.5. The van der Waals surface area contributed by atoms with Crippen molar-refractivity contribution in [3.63, 3.8) is 0 Å². The SMILES string of the molecule is N#Cc1c(N2CCOCC2)sc(C=O)c1-c1ccccc1F. The summed E-state index contributed by atoms with van der Waals surface area (Å²) in [6, 6.07) is 8.35. The second-order valence-corrected chi connectivity index (χ2v) is 5.86. The van der Waals surface area contributed by atoms with Crippen LogP contribution < -0.4 is 4.90 Å². The fourth-order valence-electron chi connectivity index (χ4n) is 2.54. The van der Waals surface area contributed by atoms with E-state index in [1.807, 2.05) is 4.90 Å². The molecule has 3 rings (SSSR count). The Bertz CT molecular complexity index is 745. The molecule has 0 aliphatic carbocycles. The highest BCUT2D eigenvalue weighted by Gasteiger charge is 2.25. The largest absolute Gasteiger partial charge is 0.378 e. The van der Waals surface area contributed by atoms with Crippen molar-refractivity contribution in [1.82, 2.24) is 0 Å². The summed E-state index contributed by atoms with van der Waals surface area (Å²) in [4.78, 5) is 13.8. The van der Waals surface area contributed by atoms with Crippen LogP contribution in [0.1, 0.15) is 15.2 Å². The lowest BCUT2D eigenvalue weighted by Gasteiger charge is -2.27. The summed E-state index contributed by atoms with van der Waals surface area (Å²) in [5, 5.41) is 10.3. The maximum Gasteiger partial charge on any atom is 0.160 e. The molecular weight excluding hydrogens is 303 g/mol. The van der Waals surface area contributed by atoms with E-state index < -0.39 is 5.82 Å². The maximum absolute atomic E-state index is 14.1. The van der Waals surface area contributed by atoms with Gasteiger partial charge in [-0.2, -0.15) is 5.26 Å². The Hall–Kier alpha value is -2.23. The van der Waals surface area contributed by atoms with Crippen LogP contribution in [0.25, 0.3) is 11.1 Å². The standard InChI is InChI=1S/C16H13FN2O2S/c17-13-4-2-1-3-11(13)15-12(9-18)16(22-14(15)10-20)19-5-7-21-8-6-19/h1-4,10H,5-8H2. The van der Waals surface area contributed by atoms with E-state index in [1.165, 1.54) is 17.4 Å². The van der Waals surface area contributed by atoms with Crippen LogP contribution in [0.2, 0.25) is 0 Å². The van der Waals surface area contributed by atoms with E-state index >= 15 is 0 Å². The smallest absolute Gasteiger partial charge is 0.160 e. The quantitative estimate of drug-likeness (QED) is 0.817. The van der Waals surface area contributed by atoms with Gasteiger partial charge in [0.15, 0.2) is 6.29 Å². The molecular formula is C16H13FN2O2S. The average Bonchev–Trinajstić information content (AvgIpc) is 2.94. The van der Waals surface area contributed by atoms with Crippen LogP contribution in [0.15, 0.2) is 24.3 Å². The molecule has 6 heteroatoms. The molecule has 22 heavy (non-hydrogen) atoms. The molecule has 0 radical (unpaired) electrons. The lowest BCUT2D eigenvalue weighted by molar-refractivity contribution is 0.112. The number of anilines is 1. The molecule has 0 bridgehead atoms. The minimum absolute atomic E-state index is 0.289. The van der Waals surface area contributed by atoms with Crippen molar-refractivity contribution >= 4 is 22.6 Å². The minimum atomic E-state index is -0.437. The van der Waals surface area contributed by atoms with Gasteiger partial charge in [-0.25, -0.2) is 4.39 Å². The summed E-state index contributed by atoms with van der Waals surface area (Å²) in [6.07, 6.45) is 0.692. The summed E-state index contributed by atoms with van der Waals surface area (Å²) < 4.78 is 19.4. The second-order valence-electron chi connectivity index (χ2n) is 4.83. The zero-order valence-electron chi connectivity index (χ0n) is 11.7. The number of morpholine rings is 1. The van der Waals surface area contributed by atoms with Gasteiger partial charge >= 0.3 is 0 Å². The van der Waals surface area contributed by atoms with Crippen molar-refractivity contribution in [3.05, 3.63) is 40.5 Å². The lowest BCUT2D eigenvalue weighted by Crippen LogP contribution is -2.36. The lowest BCUT2D eigenvalue weighted by atomic mass is 10.0. The molecule has 1 aromatic heterocycles. The normalized spacial score (nSPS) is 14.6. The number of aldehydes is 1. The Morgan fingerprint density at radius 1 is 1.32 bits per heavy atom. The first-order chi connectivity index (χ1) is 10.8.